The zero-order valence-corrected chi connectivity index (χ0v) is 12.1. The molecule has 0 aliphatic rings. The largest absolute Gasteiger partial charge is 0.495 e. The molecular weight excluding hydrogens is 260 g/mol. The maximum Gasteiger partial charge on any atom is 0.335 e. The minimum Gasteiger partial charge on any atom is -0.495 e. The molecule has 0 bridgehead atoms. The van der Waals surface area contributed by atoms with Crippen LogP contribution in [0.3, 0.4) is 0 Å². The Morgan fingerprint density at radius 1 is 1.35 bits per heavy atom. The van der Waals surface area contributed by atoms with Crippen LogP contribution in [0.15, 0.2) is 18.2 Å². The molecule has 0 atom stereocenters. The van der Waals surface area contributed by atoms with E-state index in [2.05, 4.69) is 10.6 Å². The van der Waals surface area contributed by atoms with Gasteiger partial charge in [-0.25, -0.2) is 9.59 Å². The molecule has 1 aromatic carbocycles. The van der Waals surface area contributed by atoms with Gasteiger partial charge in [-0.15, -0.1) is 0 Å². The first-order valence-electron chi connectivity index (χ1n) is 6.29. The summed E-state index contributed by atoms with van der Waals surface area (Å²) in [6.07, 6.45) is 0.771. The lowest BCUT2D eigenvalue weighted by molar-refractivity contribution is 0.0697. The zero-order chi connectivity index (χ0) is 15.3. The Labute approximate surface area is 118 Å². The van der Waals surface area contributed by atoms with Gasteiger partial charge >= 0.3 is 12.0 Å². The molecule has 110 valence electrons. The molecule has 0 aromatic heterocycles. The summed E-state index contributed by atoms with van der Waals surface area (Å²) in [4.78, 5) is 22.9. The van der Waals surface area contributed by atoms with Crippen molar-refractivity contribution < 1.29 is 19.4 Å². The molecular formula is C14H20N2O4. The lowest BCUT2D eigenvalue weighted by Gasteiger charge is -2.24. The number of methoxy groups -OCH3 is 1. The second-order valence-corrected chi connectivity index (χ2v) is 5.04. The first-order chi connectivity index (χ1) is 9.29. The number of anilines is 1. The second kappa shape index (κ2) is 6.27. The molecule has 0 saturated heterocycles. The normalized spacial score (nSPS) is 10.8. The number of urea groups is 1. The van der Waals surface area contributed by atoms with Gasteiger partial charge < -0.3 is 20.5 Å². The van der Waals surface area contributed by atoms with Crippen LogP contribution < -0.4 is 15.4 Å². The van der Waals surface area contributed by atoms with Crippen LogP contribution in [0.1, 0.15) is 37.6 Å². The third-order valence-electron chi connectivity index (χ3n) is 3.03. The Bertz CT molecular complexity index is 512. The van der Waals surface area contributed by atoms with Crippen molar-refractivity contribution in [3.8, 4) is 5.75 Å². The number of carbonyl (C=O) groups excluding carboxylic acids is 1. The highest BCUT2D eigenvalue weighted by molar-refractivity contribution is 5.95. The quantitative estimate of drug-likeness (QED) is 0.773. The lowest BCUT2D eigenvalue weighted by atomic mass is 10.0. The highest BCUT2D eigenvalue weighted by Gasteiger charge is 2.19. The molecule has 20 heavy (non-hydrogen) atoms. The maximum atomic E-state index is 11.9. The van der Waals surface area contributed by atoms with E-state index in [9.17, 15) is 9.59 Å². The number of hydrogen-bond acceptors (Lipinski definition) is 3. The van der Waals surface area contributed by atoms with Crippen molar-refractivity contribution >= 4 is 17.7 Å². The number of benzene rings is 1. The topological polar surface area (TPSA) is 87.7 Å². The monoisotopic (exact) mass is 280 g/mol. The van der Waals surface area contributed by atoms with Gasteiger partial charge in [-0.3, -0.25) is 0 Å². The first kappa shape index (κ1) is 15.8. The molecule has 6 nitrogen and oxygen atoms in total. The predicted molar refractivity (Wildman–Crippen MR) is 76.5 cm³/mol. The van der Waals surface area contributed by atoms with Gasteiger partial charge in [0.1, 0.15) is 5.75 Å². The van der Waals surface area contributed by atoms with Crippen molar-refractivity contribution in [2.45, 2.75) is 32.7 Å². The Kier molecular flexibility index (Phi) is 4.96. The van der Waals surface area contributed by atoms with Crippen LogP contribution >= 0.6 is 0 Å². The summed E-state index contributed by atoms with van der Waals surface area (Å²) in [6.45, 7) is 5.76. The maximum absolute atomic E-state index is 11.9. The molecule has 3 N–H and O–H groups in total. The highest BCUT2D eigenvalue weighted by Crippen LogP contribution is 2.25. The molecule has 0 aliphatic heterocycles. The van der Waals surface area contributed by atoms with Crippen molar-refractivity contribution in [1.82, 2.24) is 5.32 Å². The van der Waals surface area contributed by atoms with E-state index in [0.29, 0.717) is 11.4 Å². The minimum absolute atomic E-state index is 0.0795. The summed E-state index contributed by atoms with van der Waals surface area (Å²) >= 11 is 0. The molecule has 6 heteroatoms. The van der Waals surface area contributed by atoms with Crippen LogP contribution in [0.5, 0.6) is 5.75 Å². The number of aromatic carboxylic acids is 1. The smallest absolute Gasteiger partial charge is 0.335 e. The van der Waals surface area contributed by atoms with Gasteiger partial charge in [-0.1, -0.05) is 6.92 Å². The number of carbonyl (C=O) groups is 2. The number of ether oxygens (including phenoxy) is 1. The molecule has 0 aliphatic carbocycles. The fourth-order valence-electron chi connectivity index (χ4n) is 1.49. The molecule has 0 radical (unpaired) electrons. The average Bonchev–Trinajstić information content (AvgIpc) is 2.37. The molecule has 0 heterocycles. The number of nitrogens with one attached hydrogen (secondary N) is 2. The summed E-state index contributed by atoms with van der Waals surface area (Å²) in [7, 11) is 1.45. The fourth-order valence-corrected chi connectivity index (χ4v) is 1.49. The Morgan fingerprint density at radius 2 is 2.00 bits per heavy atom. The zero-order valence-electron chi connectivity index (χ0n) is 12.1. The van der Waals surface area contributed by atoms with Gasteiger partial charge in [0, 0.05) is 5.54 Å². The van der Waals surface area contributed by atoms with Crippen LogP contribution in [0, 0.1) is 0 Å². The van der Waals surface area contributed by atoms with Gasteiger partial charge in [0.05, 0.1) is 18.4 Å². The van der Waals surface area contributed by atoms with Gasteiger partial charge in [0.25, 0.3) is 0 Å². The number of carboxylic acid groups (broad SMARTS) is 1. The number of hydrogen-bond donors (Lipinski definition) is 3. The van der Waals surface area contributed by atoms with Crippen LogP contribution in [0.2, 0.25) is 0 Å². The predicted octanol–water partition coefficient (Wildman–Crippen LogP) is 2.70. The van der Waals surface area contributed by atoms with Crippen LogP contribution in [-0.2, 0) is 0 Å². The number of amides is 2. The van der Waals surface area contributed by atoms with Crippen LogP contribution in [-0.4, -0.2) is 29.8 Å². The molecule has 2 amide bonds. The molecule has 0 saturated carbocycles. The Hall–Kier alpha value is -2.24. The Balaban J connectivity index is 2.92. The first-order valence-corrected chi connectivity index (χ1v) is 6.29. The molecule has 1 rings (SSSR count). The fraction of sp³-hybridized carbons (Fsp3) is 0.429. The van der Waals surface area contributed by atoms with Crippen molar-refractivity contribution in [2.75, 3.05) is 12.4 Å². The standard InChI is InChI=1S/C14H20N2O4/c1-5-14(2,3)16-13(19)15-10-8-9(12(17)18)6-7-11(10)20-4/h6-8H,5H2,1-4H3,(H,17,18)(H2,15,16,19). The third-order valence-corrected chi connectivity index (χ3v) is 3.03. The van der Waals surface area contributed by atoms with Crippen molar-refractivity contribution in [3.63, 3.8) is 0 Å². The van der Waals surface area contributed by atoms with Crippen molar-refractivity contribution in [2.24, 2.45) is 0 Å². The van der Waals surface area contributed by atoms with E-state index in [4.69, 9.17) is 9.84 Å². The summed E-state index contributed by atoms with van der Waals surface area (Å²) in [5, 5.41) is 14.4. The summed E-state index contributed by atoms with van der Waals surface area (Å²) in [5.41, 5.74) is 0.0505. The molecule has 0 spiro atoms. The third kappa shape index (κ3) is 4.15. The van der Waals surface area contributed by atoms with Crippen LogP contribution in [0.4, 0.5) is 10.5 Å². The van der Waals surface area contributed by atoms with Gasteiger partial charge in [0.15, 0.2) is 0 Å². The van der Waals surface area contributed by atoms with E-state index >= 15 is 0 Å². The van der Waals surface area contributed by atoms with Gasteiger partial charge in [-0.2, -0.15) is 0 Å². The van der Waals surface area contributed by atoms with E-state index in [1.54, 1.807) is 0 Å². The van der Waals surface area contributed by atoms with E-state index in [1.807, 2.05) is 20.8 Å². The van der Waals surface area contributed by atoms with Gasteiger partial charge in [0.2, 0.25) is 0 Å². The SMILES string of the molecule is CCC(C)(C)NC(=O)Nc1cc(C(=O)O)ccc1OC. The van der Waals surface area contributed by atoms with Crippen molar-refractivity contribution in [3.05, 3.63) is 23.8 Å². The van der Waals surface area contributed by atoms with E-state index < -0.39 is 12.0 Å². The molecule has 0 unspecified atom stereocenters. The van der Waals surface area contributed by atoms with E-state index in [0.717, 1.165) is 6.42 Å². The number of carboxylic acids is 1. The highest BCUT2D eigenvalue weighted by atomic mass is 16.5. The second-order valence-electron chi connectivity index (χ2n) is 5.04. The van der Waals surface area contributed by atoms with Crippen LogP contribution in [0.25, 0.3) is 0 Å². The van der Waals surface area contributed by atoms with Gasteiger partial charge in [-0.05, 0) is 38.5 Å². The van der Waals surface area contributed by atoms with Crippen molar-refractivity contribution in [1.29, 1.82) is 0 Å². The summed E-state index contributed by atoms with van der Waals surface area (Å²) in [5.74, 6) is -0.663. The average molecular weight is 280 g/mol. The summed E-state index contributed by atoms with van der Waals surface area (Å²) < 4.78 is 5.10. The minimum atomic E-state index is -1.06. The number of rotatable bonds is 5. The summed E-state index contributed by atoms with van der Waals surface area (Å²) in [6, 6.07) is 3.88. The van der Waals surface area contributed by atoms with E-state index in [-0.39, 0.29) is 11.1 Å². The lowest BCUT2D eigenvalue weighted by Crippen LogP contribution is -2.45. The molecule has 1 aromatic rings. The molecule has 0 fully saturated rings. The Morgan fingerprint density at radius 3 is 2.50 bits per heavy atom. The van der Waals surface area contributed by atoms with E-state index in [1.165, 1.54) is 25.3 Å².